The van der Waals surface area contributed by atoms with Gasteiger partial charge < -0.3 is 14.3 Å². The van der Waals surface area contributed by atoms with Crippen molar-refractivity contribution in [1.29, 1.82) is 0 Å². The molecular weight excluding hydrogens is 312 g/mol. The molecule has 2 aliphatic rings. The molecule has 5 atom stereocenters. The first-order valence-electron chi connectivity index (χ1n) is 6.95. The van der Waals surface area contributed by atoms with Crippen molar-refractivity contribution < 1.29 is 19.1 Å². The maximum atomic E-state index is 11.1. The number of ether oxygens (including phenoxy) is 2. The first-order valence-corrected chi connectivity index (χ1v) is 7.87. The summed E-state index contributed by atoms with van der Waals surface area (Å²) in [4.78, 5) is 22.2. The van der Waals surface area contributed by atoms with Crippen LogP contribution in [0.4, 0.5) is 0 Å². The van der Waals surface area contributed by atoms with Crippen molar-refractivity contribution in [2.45, 2.75) is 55.6 Å². The van der Waals surface area contributed by atoms with E-state index in [9.17, 15) is 9.59 Å². The molecule has 5 heteroatoms. The van der Waals surface area contributed by atoms with Gasteiger partial charge in [-0.2, -0.15) is 0 Å². The smallest absolute Gasteiger partial charge is 0.305 e. The van der Waals surface area contributed by atoms with Crippen molar-refractivity contribution >= 4 is 28.2 Å². The van der Waals surface area contributed by atoms with Crippen molar-refractivity contribution in [3.8, 4) is 0 Å². The van der Waals surface area contributed by atoms with Gasteiger partial charge in [-0.25, -0.2) is 0 Å². The predicted molar refractivity (Wildman–Crippen MR) is 74.1 cm³/mol. The van der Waals surface area contributed by atoms with Crippen LogP contribution in [0.1, 0.15) is 38.5 Å². The highest BCUT2D eigenvalue weighted by molar-refractivity contribution is 9.09. The summed E-state index contributed by atoms with van der Waals surface area (Å²) in [5, 5.41) is 0. The quantitative estimate of drug-likeness (QED) is 0.441. The Hall–Kier alpha value is -0.420. The highest BCUT2D eigenvalue weighted by atomic mass is 79.9. The molecule has 1 aliphatic heterocycles. The van der Waals surface area contributed by atoms with E-state index in [0.29, 0.717) is 18.4 Å². The molecule has 1 saturated carbocycles. The van der Waals surface area contributed by atoms with E-state index in [2.05, 4.69) is 20.7 Å². The van der Waals surface area contributed by atoms with Crippen LogP contribution in [0.15, 0.2) is 0 Å². The molecule has 0 spiro atoms. The minimum absolute atomic E-state index is 0.157. The highest BCUT2D eigenvalue weighted by Crippen LogP contribution is 2.41. The molecule has 0 aromatic carbocycles. The number of hydrogen-bond donors (Lipinski definition) is 0. The van der Waals surface area contributed by atoms with Gasteiger partial charge in [0, 0.05) is 17.2 Å². The average molecular weight is 333 g/mol. The summed E-state index contributed by atoms with van der Waals surface area (Å²) >= 11 is 3.63. The van der Waals surface area contributed by atoms with E-state index in [1.807, 2.05) is 0 Å². The molecule has 108 valence electrons. The number of carbonyl (C=O) groups is 2. The average Bonchev–Trinajstić information content (AvgIpc) is 2.86. The monoisotopic (exact) mass is 332 g/mol. The molecule has 1 heterocycles. The van der Waals surface area contributed by atoms with E-state index in [4.69, 9.17) is 4.74 Å². The first kappa shape index (κ1) is 15.0. The third kappa shape index (κ3) is 3.78. The summed E-state index contributed by atoms with van der Waals surface area (Å²) in [5.41, 5.74) is 0. The van der Waals surface area contributed by atoms with Gasteiger partial charge in [0.1, 0.15) is 6.29 Å². The molecule has 0 bridgehead atoms. The first-order chi connectivity index (χ1) is 9.13. The fourth-order valence-electron chi connectivity index (χ4n) is 3.18. The lowest BCUT2D eigenvalue weighted by Crippen LogP contribution is -2.26. The Morgan fingerprint density at radius 3 is 2.95 bits per heavy atom. The van der Waals surface area contributed by atoms with Crippen molar-refractivity contribution in [3.63, 3.8) is 0 Å². The summed E-state index contributed by atoms with van der Waals surface area (Å²) in [5.74, 6) is 0.542. The zero-order valence-corrected chi connectivity index (χ0v) is 12.8. The summed E-state index contributed by atoms with van der Waals surface area (Å²) < 4.78 is 10.7. The van der Waals surface area contributed by atoms with Gasteiger partial charge in [-0.05, 0) is 38.0 Å². The second-order valence-electron chi connectivity index (χ2n) is 5.55. The predicted octanol–water partition coefficient (Wildman–Crippen LogP) is 2.48. The lowest BCUT2D eigenvalue weighted by molar-refractivity contribution is -0.140. The van der Waals surface area contributed by atoms with Gasteiger partial charge >= 0.3 is 5.97 Å². The van der Waals surface area contributed by atoms with Crippen molar-refractivity contribution in [3.05, 3.63) is 0 Å². The second-order valence-corrected chi connectivity index (χ2v) is 6.72. The van der Waals surface area contributed by atoms with Crippen LogP contribution in [-0.4, -0.2) is 36.4 Å². The van der Waals surface area contributed by atoms with Crippen LogP contribution in [0.3, 0.4) is 0 Å². The van der Waals surface area contributed by atoms with E-state index in [-0.39, 0.29) is 22.8 Å². The normalized spacial score (nSPS) is 35.5. The van der Waals surface area contributed by atoms with Gasteiger partial charge in [-0.15, -0.1) is 0 Å². The van der Waals surface area contributed by atoms with Crippen LogP contribution < -0.4 is 0 Å². The van der Waals surface area contributed by atoms with Crippen LogP contribution >= 0.6 is 15.9 Å². The minimum Gasteiger partial charge on any atom is -0.469 e. The second kappa shape index (κ2) is 6.84. The fourth-order valence-corrected chi connectivity index (χ4v) is 3.75. The van der Waals surface area contributed by atoms with E-state index < -0.39 is 0 Å². The number of fused-ring (bicyclic) bond motifs is 1. The molecule has 2 fully saturated rings. The number of hydrogen-bond acceptors (Lipinski definition) is 4. The zero-order chi connectivity index (χ0) is 13.8. The maximum absolute atomic E-state index is 11.1. The van der Waals surface area contributed by atoms with Crippen molar-refractivity contribution in [1.82, 2.24) is 0 Å². The molecular formula is C14H21BrO4. The van der Waals surface area contributed by atoms with E-state index in [0.717, 1.165) is 38.4 Å². The van der Waals surface area contributed by atoms with E-state index in [1.165, 1.54) is 7.11 Å². The Morgan fingerprint density at radius 2 is 2.26 bits per heavy atom. The molecule has 0 amide bonds. The molecule has 1 aliphatic carbocycles. The number of methoxy groups -OCH3 is 1. The van der Waals surface area contributed by atoms with Gasteiger partial charge in [0.15, 0.2) is 0 Å². The molecule has 0 radical (unpaired) electrons. The molecule has 0 N–H and O–H groups in total. The van der Waals surface area contributed by atoms with Gasteiger partial charge in [-0.3, -0.25) is 4.79 Å². The standard InChI is InChI=1S/C14H21BrO4/c1-18-14(17)5-3-11(15)13-7-10-6-9(8-16)2-4-12(10)19-13/h8-13H,2-7H2,1H3. The maximum Gasteiger partial charge on any atom is 0.305 e. The third-order valence-electron chi connectivity index (χ3n) is 4.29. The number of rotatable bonds is 5. The lowest BCUT2D eigenvalue weighted by Gasteiger charge is -2.27. The molecule has 19 heavy (non-hydrogen) atoms. The number of aldehydes is 1. The third-order valence-corrected chi connectivity index (χ3v) is 5.33. The molecule has 2 rings (SSSR count). The minimum atomic E-state index is -0.180. The van der Waals surface area contributed by atoms with E-state index in [1.54, 1.807) is 0 Å². The number of esters is 1. The summed E-state index contributed by atoms with van der Waals surface area (Å²) in [6, 6.07) is 0. The Morgan fingerprint density at radius 1 is 1.47 bits per heavy atom. The number of carbonyl (C=O) groups excluding carboxylic acids is 2. The Balaban J connectivity index is 1.80. The Bertz CT molecular complexity index is 333. The molecule has 1 saturated heterocycles. The van der Waals surface area contributed by atoms with Crippen LogP contribution in [0.25, 0.3) is 0 Å². The molecule has 4 nitrogen and oxygen atoms in total. The number of halogens is 1. The molecule has 0 aromatic rings. The summed E-state index contributed by atoms with van der Waals surface area (Å²) in [6.45, 7) is 0. The Kier molecular flexibility index (Phi) is 5.39. The van der Waals surface area contributed by atoms with Gasteiger partial charge in [0.05, 0.1) is 19.3 Å². The van der Waals surface area contributed by atoms with Crippen LogP contribution in [-0.2, 0) is 19.1 Å². The molecule has 5 unspecified atom stereocenters. The highest BCUT2D eigenvalue weighted by Gasteiger charge is 2.41. The van der Waals surface area contributed by atoms with Crippen LogP contribution in [0.5, 0.6) is 0 Å². The van der Waals surface area contributed by atoms with Crippen molar-refractivity contribution in [2.24, 2.45) is 11.8 Å². The summed E-state index contributed by atoms with van der Waals surface area (Å²) in [6.07, 6.45) is 6.59. The van der Waals surface area contributed by atoms with Gasteiger partial charge in [-0.1, -0.05) is 15.9 Å². The van der Waals surface area contributed by atoms with Gasteiger partial charge in [0.2, 0.25) is 0 Å². The largest absolute Gasteiger partial charge is 0.469 e. The van der Waals surface area contributed by atoms with E-state index >= 15 is 0 Å². The van der Waals surface area contributed by atoms with Gasteiger partial charge in [0.25, 0.3) is 0 Å². The lowest BCUT2D eigenvalue weighted by atomic mass is 9.79. The molecule has 0 aromatic heterocycles. The zero-order valence-electron chi connectivity index (χ0n) is 11.2. The van der Waals surface area contributed by atoms with Crippen LogP contribution in [0, 0.1) is 11.8 Å². The van der Waals surface area contributed by atoms with Crippen LogP contribution in [0.2, 0.25) is 0 Å². The topological polar surface area (TPSA) is 52.6 Å². The number of alkyl halides is 1. The van der Waals surface area contributed by atoms with Crippen molar-refractivity contribution in [2.75, 3.05) is 7.11 Å². The SMILES string of the molecule is COC(=O)CCC(Br)C1CC2CC(C=O)CCC2O1. The Labute approximate surface area is 122 Å². The summed E-state index contributed by atoms with van der Waals surface area (Å²) in [7, 11) is 1.41. The fraction of sp³-hybridized carbons (Fsp3) is 0.857.